The second-order valence-corrected chi connectivity index (χ2v) is 5.76. The number of hydrogen-bond acceptors (Lipinski definition) is 4. The van der Waals surface area contributed by atoms with Crippen molar-refractivity contribution in [1.82, 2.24) is 15.8 Å². The molecule has 2 unspecified atom stereocenters. The van der Waals surface area contributed by atoms with Crippen molar-refractivity contribution in [3.8, 4) is 0 Å². The van der Waals surface area contributed by atoms with Gasteiger partial charge in [0.05, 0.1) is 18.6 Å². The van der Waals surface area contributed by atoms with Crippen LogP contribution in [0.2, 0.25) is 0 Å². The van der Waals surface area contributed by atoms with E-state index in [-0.39, 0.29) is 12.0 Å². The predicted molar refractivity (Wildman–Crippen MR) is 78.8 cm³/mol. The summed E-state index contributed by atoms with van der Waals surface area (Å²) < 4.78 is 32.1. The van der Waals surface area contributed by atoms with E-state index in [9.17, 15) is 8.78 Å². The van der Waals surface area contributed by atoms with Crippen molar-refractivity contribution in [1.29, 1.82) is 0 Å². The van der Waals surface area contributed by atoms with Gasteiger partial charge in [0.2, 0.25) is 0 Å². The molecule has 0 saturated carbocycles. The summed E-state index contributed by atoms with van der Waals surface area (Å²) >= 11 is 0. The smallest absolute Gasteiger partial charge is 0.130 e. The number of hydrazine groups is 1. The molecule has 1 aliphatic heterocycles. The zero-order valence-electron chi connectivity index (χ0n) is 12.4. The molecular formula is C16H19F2N3O. The maximum Gasteiger partial charge on any atom is 0.130 e. The lowest BCUT2D eigenvalue weighted by atomic mass is 9.94. The van der Waals surface area contributed by atoms with Crippen LogP contribution in [0.3, 0.4) is 0 Å². The average molecular weight is 307 g/mol. The maximum absolute atomic E-state index is 14.0. The first-order valence-corrected chi connectivity index (χ1v) is 7.26. The Labute approximate surface area is 128 Å². The van der Waals surface area contributed by atoms with Gasteiger partial charge in [-0.15, -0.1) is 0 Å². The number of nitrogens with zero attached hydrogens (tertiary/aromatic N) is 1. The molecule has 0 bridgehead atoms. The fraction of sp³-hybridized carbons (Fsp3) is 0.375. The Morgan fingerprint density at radius 2 is 2.18 bits per heavy atom. The molecule has 2 aromatic rings. The van der Waals surface area contributed by atoms with Crippen LogP contribution in [0.1, 0.15) is 17.2 Å². The number of furan rings is 1. The molecule has 1 aliphatic rings. The summed E-state index contributed by atoms with van der Waals surface area (Å²) in [6, 6.07) is 5.50. The van der Waals surface area contributed by atoms with Crippen LogP contribution in [0, 0.1) is 17.6 Å². The lowest BCUT2D eigenvalue weighted by molar-refractivity contribution is 0.260. The highest BCUT2D eigenvalue weighted by molar-refractivity contribution is 5.24. The zero-order chi connectivity index (χ0) is 15.5. The fourth-order valence-electron chi connectivity index (χ4n) is 2.95. The highest BCUT2D eigenvalue weighted by Crippen LogP contribution is 2.28. The summed E-state index contributed by atoms with van der Waals surface area (Å²) in [6.45, 7) is 2.29. The lowest BCUT2D eigenvalue weighted by Crippen LogP contribution is -2.30. The quantitative estimate of drug-likeness (QED) is 0.890. The Hall–Kier alpha value is -1.76. The third kappa shape index (κ3) is 3.35. The van der Waals surface area contributed by atoms with Gasteiger partial charge in [0.1, 0.15) is 11.6 Å². The van der Waals surface area contributed by atoms with Gasteiger partial charge in [-0.2, -0.15) is 0 Å². The minimum absolute atomic E-state index is 0.174. The molecule has 1 fully saturated rings. The molecule has 118 valence electrons. The second kappa shape index (κ2) is 6.56. The van der Waals surface area contributed by atoms with Crippen LogP contribution < -0.4 is 10.9 Å². The molecule has 22 heavy (non-hydrogen) atoms. The van der Waals surface area contributed by atoms with Gasteiger partial charge in [0, 0.05) is 42.7 Å². The molecule has 1 aromatic carbocycles. The van der Waals surface area contributed by atoms with Gasteiger partial charge in [-0.3, -0.25) is 5.43 Å². The minimum atomic E-state index is -0.555. The molecule has 3 rings (SSSR count). The van der Waals surface area contributed by atoms with E-state index < -0.39 is 11.6 Å². The Balaban J connectivity index is 1.67. The van der Waals surface area contributed by atoms with Crippen LogP contribution in [0.15, 0.2) is 41.2 Å². The third-order valence-corrected chi connectivity index (χ3v) is 3.97. The Morgan fingerprint density at radius 1 is 1.32 bits per heavy atom. The molecule has 2 N–H and O–H groups in total. The summed E-state index contributed by atoms with van der Waals surface area (Å²) in [5.41, 5.74) is 7.76. The van der Waals surface area contributed by atoms with Crippen molar-refractivity contribution < 1.29 is 13.2 Å². The summed E-state index contributed by atoms with van der Waals surface area (Å²) in [5, 5.41) is 0. The first-order valence-electron chi connectivity index (χ1n) is 7.26. The van der Waals surface area contributed by atoms with Gasteiger partial charge in [-0.25, -0.2) is 14.2 Å². The van der Waals surface area contributed by atoms with Gasteiger partial charge < -0.3 is 9.32 Å². The van der Waals surface area contributed by atoms with Crippen LogP contribution in [0.4, 0.5) is 8.78 Å². The Kier molecular flexibility index (Phi) is 4.52. The molecule has 0 amide bonds. The first kappa shape index (κ1) is 15.1. The van der Waals surface area contributed by atoms with E-state index in [1.807, 2.05) is 13.1 Å². The van der Waals surface area contributed by atoms with Crippen LogP contribution in [-0.4, -0.2) is 25.0 Å². The van der Waals surface area contributed by atoms with Crippen molar-refractivity contribution in [3.05, 3.63) is 59.6 Å². The normalized spacial score (nSPS) is 21.6. The molecule has 6 heteroatoms. The van der Waals surface area contributed by atoms with Gasteiger partial charge >= 0.3 is 0 Å². The SMILES string of the molecule is CN(Cc1ccoc1)CC1CNNC1c1ccc(F)cc1F. The van der Waals surface area contributed by atoms with Gasteiger partial charge in [0.25, 0.3) is 0 Å². The summed E-state index contributed by atoms with van der Waals surface area (Å²) in [4.78, 5) is 2.17. The fourth-order valence-corrected chi connectivity index (χ4v) is 2.95. The van der Waals surface area contributed by atoms with E-state index in [1.54, 1.807) is 12.5 Å². The molecule has 1 aromatic heterocycles. The van der Waals surface area contributed by atoms with Crippen molar-refractivity contribution >= 4 is 0 Å². The minimum Gasteiger partial charge on any atom is -0.472 e. The molecule has 4 nitrogen and oxygen atoms in total. The molecule has 0 radical (unpaired) electrons. The largest absolute Gasteiger partial charge is 0.472 e. The molecule has 0 aliphatic carbocycles. The van der Waals surface area contributed by atoms with Crippen LogP contribution in [0.25, 0.3) is 0 Å². The highest BCUT2D eigenvalue weighted by atomic mass is 19.1. The number of rotatable bonds is 5. The van der Waals surface area contributed by atoms with Crippen molar-refractivity contribution in [3.63, 3.8) is 0 Å². The van der Waals surface area contributed by atoms with Crippen LogP contribution in [0.5, 0.6) is 0 Å². The van der Waals surface area contributed by atoms with E-state index in [0.717, 1.165) is 31.3 Å². The molecule has 2 heterocycles. The first-order chi connectivity index (χ1) is 10.6. The van der Waals surface area contributed by atoms with Crippen LogP contribution in [-0.2, 0) is 6.54 Å². The zero-order valence-corrected chi connectivity index (χ0v) is 12.4. The van der Waals surface area contributed by atoms with Crippen molar-refractivity contribution in [2.24, 2.45) is 5.92 Å². The van der Waals surface area contributed by atoms with Gasteiger partial charge in [-0.05, 0) is 19.2 Å². The summed E-state index contributed by atoms with van der Waals surface area (Å²) in [7, 11) is 2.02. The van der Waals surface area contributed by atoms with E-state index in [1.165, 1.54) is 12.1 Å². The monoisotopic (exact) mass is 307 g/mol. The lowest BCUT2D eigenvalue weighted by Gasteiger charge is -2.24. The molecule has 0 spiro atoms. The highest BCUT2D eigenvalue weighted by Gasteiger charge is 2.31. The van der Waals surface area contributed by atoms with E-state index in [4.69, 9.17) is 4.42 Å². The van der Waals surface area contributed by atoms with E-state index in [2.05, 4.69) is 15.8 Å². The van der Waals surface area contributed by atoms with Gasteiger partial charge in [0.15, 0.2) is 0 Å². The van der Waals surface area contributed by atoms with E-state index >= 15 is 0 Å². The number of halogens is 2. The molecule has 2 atom stereocenters. The molecule has 1 saturated heterocycles. The maximum atomic E-state index is 14.0. The summed E-state index contributed by atoms with van der Waals surface area (Å²) in [6.07, 6.45) is 3.37. The average Bonchev–Trinajstić information content (AvgIpc) is 3.11. The van der Waals surface area contributed by atoms with Crippen LogP contribution >= 0.6 is 0 Å². The third-order valence-electron chi connectivity index (χ3n) is 3.97. The summed E-state index contributed by atoms with van der Waals surface area (Å²) in [5.74, 6) is -0.874. The van der Waals surface area contributed by atoms with Crippen molar-refractivity contribution in [2.45, 2.75) is 12.6 Å². The Morgan fingerprint density at radius 3 is 2.91 bits per heavy atom. The second-order valence-electron chi connectivity index (χ2n) is 5.76. The standard InChI is InChI=1S/C16H19F2N3O/c1-21(8-11-4-5-22-10-11)9-12-7-19-20-16(12)14-3-2-13(17)6-15(14)18/h2-6,10,12,16,19-20H,7-9H2,1H3. The number of nitrogens with one attached hydrogen (secondary N) is 2. The number of hydrogen-bond donors (Lipinski definition) is 2. The Bertz CT molecular complexity index is 618. The predicted octanol–water partition coefficient (Wildman–Crippen LogP) is 2.45. The van der Waals surface area contributed by atoms with Crippen molar-refractivity contribution in [2.75, 3.05) is 20.1 Å². The van der Waals surface area contributed by atoms with Gasteiger partial charge in [-0.1, -0.05) is 6.07 Å². The molecular weight excluding hydrogens is 288 g/mol. The topological polar surface area (TPSA) is 40.4 Å². The van der Waals surface area contributed by atoms with E-state index in [0.29, 0.717) is 5.56 Å². The number of benzene rings is 1.